The van der Waals surface area contributed by atoms with Crippen molar-refractivity contribution in [1.82, 2.24) is 9.97 Å². The molecule has 0 atom stereocenters. The third-order valence-corrected chi connectivity index (χ3v) is 2.95. The summed E-state index contributed by atoms with van der Waals surface area (Å²) >= 11 is 5.93. The highest BCUT2D eigenvalue weighted by molar-refractivity contribution is 6.17. The highest BCUT2D eigenvalue weighted by atomic mass is 35.5. The summed E-state index contributed by atoms with van der Waals surface area (Å²) in [6, 6.07) is 7.54. The van der Waals surface area contributed by atoms with E-state index in [1.165, 1.54) is 0 Å². The maximum Gasteiger partial charge on any atom is 0.219 e. The highest BCUT2D eigenvalue weighted by Crippen LogP contribution is 2.27. The van der Waals surface area contributed by atoms with Crippen LogP contribution in [0.5, 0.6) is 11.6 Å². The Morgan fingerprint density at radius 1 is 1.26 bits per heavy atom. The van der Waals surface area contributed by atoms with Gasteiger partial charge in [-0.1, -0.05) is 20.8 Å². The van der Waals surface area contributed by atoms with Crippen LogP contribution in [-0.2, 0) is 11.3 Å². The van der Waals surface area contributed by atoms with Gasteiger partial charge in [-0.15, -0.1) is 11.6 Å². The lowest BCUT2D eigenvalue weighted by Gasteiger charge is -2.19. The van der Waals surface area contributed by atoms with Crippen LogP contribution in [-0.4, -0.2) is 9.97 Å². The monoisotopic (exact) mass is 276 g/mol. The molecule has 2 heterocycles. The summed E-state index contributed by atoms with van der Waals surface area (Å²) in [5.74, 6) is 1.66. The van der Waals surface area contributed by atoms with E-state index in [-0.39, 0.29) is 5.41 Å². The lowest BCUT2D eigenvalue weighted by Crippen LogP contribution is -2.14. The summed E-state index contributed by atoms with van der Waals surface area (Å²) in [6.45, 7) is 6.34. The van der Waals surface area contributed by atoms with Crippen molar-refractivity contribution >= 4 is 11.6 Å². The smallest absolute Gasteiger partial charge is 0.219 e. The Hall–Kier alpha value is -1.61. The number of alkyl halides is 1. The fourth-order valence-electron chi connectivity index (χ4n) is 1.60. The maximum absolute atomic E-state index is 5.93. The number of halogens is 1. The average molecular weight is 277 g/mol. The number of ether oxygens (including phenoxy) is 1. The normalized spacial score (nSPS) is 11.4. The highest BCUT2D eigenvalue weighted by Gasteiger charge is 2.17. The Balaban J connectivity index is 2.35. The van der Waals surface area contributed by atoms with E-state index in [2.05, 4.69) is 30.7 Å². The second-order valence-electron chi connectivity index (χ2n) is 5.37. The zero-order chi connectivity index (χ0) is 13.9. The predicted octanol–water partition coefficient (Wildman–Crippen LogP) is 4.31. The Morgan fingerprint density at radius 3 is 2.63 bits per heavy atom. The molecule has 0 aromatic carbocycles. The third kappa shape index (κ3) is 3.67. The van der Waals surface area contributed by atoms with Crippen molar-refractivity contribution in [1.29, 1.82) is 0 Å². The van der Waals surface area contributed by atoms with Crippen LogP contribution in [0.3, 0.4) is 0 Å². The Morgan fingerprint density at radius 2 is 2.05 bits per heavy atom. The molecule has 0 N–H and O–H groups in total. The summed E-state index contributed by atoms with van der Waals surface area (Å²) in [5.41, 5.74) is 1.92. The van der Waals surface area contributed by atoms with E-state index in [1.807, 2.05) is 24.3 Å². The second kappa shape index (κ2) is 5.57. The largest absolute Gasteiger partial charge is 0.437 e. The van der Waals surface area contributed by atoms with Crippen LogP contribution in [0.25, 0.3) is 0 Å². The van der Waals surface area contributed by atoms with Gasteiger partial charge in [0.25, 0.3) is 0 Å². The van der Waals surface area contributed by atoms with Gasteiger partial charge in [0.2, 0.25) is 5.88 Å². The van der Waals surface area contributed by atoms with Crippen molar-refractivity contribution < 1.29 is 4.74 Å². The minimum atomic E-state index is -0.0465. The van der Waals surface area contributed by atoms with Crippen LogP contribution in [0.15, 0.2) is 36.7 Å². The first-order chi connectivity index (χ1) is 8.99. The molecule has 3 nitrogen and oxygen atoms in total. The molecule has 4 heteroatoms. The van der Waals surface area contributed by atoms with E-state index in [0.717, 1.165) is 11.3 Å². The molecule has 2 aromatic rings. The topological polar surface area (TPSA) is 35.0 Å². The molecule has 0 bridgehead atoms. The van der Waals surface area contributed by atoms with Gasteiger partial charge in [-0.2, -0.15) is 0 Å². The number of rotatable bonds is 3. The molecular formula is C15H17ClN2O. The lowest BCUT2D eigenvalue weighted by molar-refractivity contribution is 0.449. The number of hydrogen-bond acceptors (Lipinski definition) is 3. The van der Waals surface area contributed by atoms with Crippen LogP contribution in [0, 0.1) is 0 Å². The minimum Gasteiger partial charge on any atom is -0.437 e. The summed E-state index contributed by atoms with van der Waals surface area (Å²) in [6.07, 6.45) is 3.36. The molecule has 0 aliphatic heterocycles. The minimum absolute atomic E-state index is 0.0465. The van der Waals surface area contributed by atoms with Crippen LogP contribution >= 0.6 is 11.6 Å². The molecule has 2 rings (SSSR count). The van der Waals surface area contributed by atoms with E-state index in [4.69, 9.17) is 16.3 Å². The molecule has 0 aliphatic rings. The first kappa shape index (κ1) is 13.8. The fourth-order valence-corrected chi connectivity index (χ4v) is 1.76. The molecule has 19 heavy (non-hydrogen) atoms. The molecule has 0 radical (unpaired) electrons. The molecule has 0 amide bonds. The maximum atomic E-state index is 5.93. The molecule has 0 saturated heterocycles. The van der Waals surface area contributed by atoms with Gasteiger partial charge in [-0.05, 0) is 23.8 Å². The summed E-state index contributed by atoms with van der Waals surface area (Å²) in [4.78, 5) is 8.56. The molecule has 2 aromatic heterocycles. The average Bonchev–Trinajstić information content (AvgIpc) is 2.38. The van der Waals surface area contributed by atoms with E-state index in [9.17, 15) is 0 Å². The van der Waals surface area contributed by atoms with Gasteiger partial charge in [0.05, 0.1) is 11.9 Å². The molecule has 0 unspecified atom stereocenters. The Bertz CT molecular complexity index is 550. The van der Waals surface area contributed by atoms with Crippen LogP contribution in [0.2, 0.25) is 0 Å². The Labute approximate surface area is 118 Å². The number of nitrogens with zero attached hydrogens (tertiary/aromatic N) is 2. The summed E-state index contributed by atoms with van der Waals surface area (Å²) in [7, 11) is 0. The standard InChI is InChI=1S/C15H17ClN2O/c1-15(2,3)13-7-11(9-16)8-14(18-13)19-12-5-4-6-17-10-12/h4-8,10H,9H2,1-3H3. The van der Waals surface area contributed by atoms with Gasteiger partial charge in [0.1, 0.15) is 5.75 Å². The SMILES string of the molecule is CC(C)(C)c1cc(CCl)cc(Oc2cccnc2)n1. The van der Waals surface area contributed by atoms with Gasteiger partial charge in [0.15, 0.2) is 0 Å². The Kier molecular flexibility index (Phi) is 4.05. The number of hydrogen-bond donors (Lipinski definition) is 0. The van der Waals surface area contributed by atoms with Crippen molar-refractivity contribution in [2.45, 2.75) is 32.1 Å². The van der Waals surface area contributed by atoms with Gasteiger partial charge in [0, 0.05) is 23.6 Å². The van der Waals surface area contributed by atoms with Crippen molar-refractivity contribution in [2.24, 2.45) is 0 Å². The summed E-state index contributed by atoms with van der Waals surface area (Å²) in [5, 5.41) is 0. The number of pyridine rings is 2. The van der Waals surface area contributed by atoms with E-state index < -0.39 is 0 Å². The molecule has 0 aliphatic carbocycles. The number of aromatic nitrogens is 2. The quantitative estimate of drug-likeness (QED) is 0.784. The van der Waals surface area contributed by atoms with Crippen LogP contribution in [0.1, 0.15) is 32.0 Å². The van der Waals surface area contributed by atoms with Gasteiger partial charge in [-0.25, -0.2) is 4.98 Å². The zero-order valence-corrected chi connectivity index (χ0v) is 12.1. The van der Waals surface area contributed by atoms with E-state index in [1.54, 1.807) is 12.4 Å². The molecule has 100 valence electrons. The van der Waals surface area contributed by atoms with Gasteiger partial charge < -0.3 is 4.74 Å². The molecule has 0 saturated carbocycles. The zero-order valence-electron chi connectivity index (χ0n) is 11.4. The van der Waals surface area contributed by atoms with Crippen molar-refractivity contribution in [2.75, 3.05) is 0 Å². The van der Waals surface area contributed by atoms with Gasteiger partial charge in [-0.3, -0.25) is 4.98 Å². The molecule has 0 fully saturated rings. The van der Waals surface area contributed by atoms with Gasteiger partial charge >= 0.3 is 0 Å². The third-order valence-electron chi connectivity index (χ3n) is 2.64. The molecular weight excluding hydrogens is 260 g/mol. The van der Waals surface area contributed by atoms with E-state index >= 15 is 0 Å². The lowest BCUT2D eigenvalue weighted by atomic mass is 9.91. The van der Waals surface area contributed by atoms with Crippen molar-refractivity contribution in [3.05, 3.63) is 47.9 Å². The van der Waals surface area contributed by atoms with E-state index in [0.29, 0.717) is 17.5 Å². The summed E-state index contributed by atoms with van der Waals surface area (Å²) < 4.78 is 5.72. The van der Waals surface area contributed by atoms with Crippen molar-refractivity contribution in [3.8, 4) is 11.6 Å². The van der Waals surface area contributed by atoms with Crippen LogP contribution in [0.4, 0.5) is 0 Å². The molecule has 0 spiro atoms. The fraction of sp³-hybridized carbons (Fsp3) is 0.333. The van der Waals surface area contributed by atoms with Crippen molar-refractivity contribution in [3.63, 3.8) is 0 Å². The first-order valence-electron chi connectivity index (χ1n) is 6.14. The predicted molar refractivity (Wildman–Crippen MR) is 76.8 cm³/mol. The second-order valence-corrected chi connectivity index (χ2v) is 5.64. The van der Waals surface area contributed by atoms with Crippen LogP contribution < -0.4 is 4.74 Å². The first-order valence-corrected chi connectivity index (χ1v) is 6.68.